The molecular weight excluding hydrogens is 332 g/mol. The van der Waals surface area contributed by atoms with Gasteiger partial charge in [0.2, 0.25) is 0 Å². The highest BCUT2D eigenvalue weighted by Crippen LogP contribution is 2.36. The first-order valence-corrected chi connectivity index (χ1v) is 9.54. The minimum atomic E-state index is 0.808. The Hall–Kier alpha value is -2.02. The predicted octanol–water partition coefficient (Wildman–Crippen LogP) is 3.41. The van der Waals surface area contributed by atoms with E-state index in [9.17, 15) is 0 Å². The predicted molar refractivity (Wildman–Crippen MR) is 103 cm³/mol. The number of hydrogen-bond donors (Lipinski definition) is 1. The van der Waals surface area contributed by atoms with Gasteiger partial charge in [-0.15, -0.1) is 11.3 Å². The number of nitrogens with one attached hydrogen (secondary N) is 1. The maximum Gasteiger partial charge on any atom is 0.139 e. The van der Waals surface area contributed by atoms with Gasteiger partial charge in [-0.05, 0) is 12.5 Å². The number of morpholine rings is 1. The molecule has 130 valence electrons. The van der Waals surface area contributed by atoms with Crippen LogP contribution < -0.4 is 5.32 Å². The van der Waals surface area contributed by atoms with Crippen LogP contribution in [-0.2, 0) is 4.74 Å². The highest BCUT2D eigenvalue weighted by molar-refractivity contribution is 7.17. The van der Waals surface area contributed by atoms with E-state index in [4.69, 9.17) is 4.74 Å². The van der Waals surface area contributed by atoms with Crippen LogP contribution in [0.25, 0.3) is 21.3 Å². The number of benzene rings is 1. The lowest BCUT2D eigenvalue weighted by molar-refractivity contribution is 0.0398. The van der Waals surface area contributed by atoms with E-state index < -0.39 is 0 Å². The second kappa shape index (κ2) is 7.47. The third kappa shape index (κ3) is 3.66. The first kappa shape index (κ1) is 16.4. The number of hydrogen-bond acceptors (Lipinski definition) is 6. The fraction of sp³-hybridized carbons (Fsp3) is 0.368. The molecule has 0 radical (unpaired) electrons. The van der Waals surface area contributed by atoms with Gasteiger partial charge in [-0.2, -0.15) is 0 Å². The Morgan fingerprint density at radius 1 is 1.16 bits per heavy atom. The lowest BCUT2D eigenvalue weighted by Gasteiger charge is -2.26. The van der Waals surface area contributed by atoms with Crippen LogP contribution in [0.5, 0.6) is 0 Å². The van der Waals surface area contributed by atoms with Crippen molar-refractivity contribution < 1.29 is 4.74 Å². The Labute approximate surface area is 151 Å². The van der Waals surface area contributed by atoms with Gasteiger partial charge in [0.25, 0.3) is 0 Å². The summed E-state index contributed by atoms with van der Waals surface area (Å²) in [7, 11) is 0. The van der Waals surface area contributed by atoms with Gasteiger partial charge < -0.3 is 10.1 Å². The van der Waals surface area contributed by atoms with Gasteiger partial charge >= 0.3 is 0 Å². The molecule has 0 spiro atoms. The van der Waals surface area contributed by atoms with E-state index in [0.29, 0.717) is 0 Å². The molecule has 0 saturated carbocycles. The average Bonchev–Trinajstić information content (AvgIpc) is 3.07. The highest BCUT2D eigenvalue weighted by atomic mass is 32.1. The molecule has 1 saturated heterocycles. The molecule has 0 atom stereocenters. The normalized spacial score (nSPS) is 15.6. The highest BCUT2D eigenvalue weighted by Gasteiger charge is 2.15. The monoisotopic (exact) mass is 354 g/mol. The molecule has 0 aliphatic carbocycles. The van der Waals surface area contributed by atoms with Gasteiger partial charge in [-0.3, -0.25) is 4.90 Å². The van der Waals surface area contributed by atoms with Crippen molar-refractivity contribution in [2.45, 2.75) is 6.92 Å². The van der Waals surface area contributed by atoms with Crippen molar-refractivity contribution in [2.24, 2.45) is 0 Å². The zero-order chi connectivity index (χ0) is 17.1. The van der Waals surface area contributed by atoms with Gasteiger partial charge in [0.15, 0.2) is 0 Å². The lowest BCUT2D eigenvalue weighted by atomic mass is 10.1. The van der Waals surface area contributed by atoms with E-state index in [1.165, 1.54) is 11.1 Å². The van der Waals surface area contributed by atoms with Crippen LogP contribution in [-0.4, -0.2) is 54.3 Å². The Morgan fingerprint density at radius 2 is 1.96 bits per heavy atom. The van der Waals surface area contributed by atoms with E-state index in [1.807, 2.05) is 13.0 Å². The number of nitrogens with zero attached hydrogens (tertiary/aromatic N) is 3. The van der Waals surface area contributed by atoms with E-state index in [2.05, 4.69) is 49.8 Å². The molecule has 1 N–H and O–H groups in total. The van der Waals surface area contributed by atoms with Crippen molar-refractivity contribution in [1.82, 2.24) is 14.9 Å². The van der Waals surface area contributed by atoms with Crippen molar-refractivity contribution >= 4 is 27.4 Å². The summed E-state index contributed by atoms with van der Waals surface area (Å²) in [5.74, 6) is 1.75. The second-order valence-electron chi connectivity index (χ2n) is 6.20. The van der Waals surface area contributed by atoms with Crippen LogP contribution in [0.1, 0.15) is 5.82 Å². The molecule has 6 heteroatoms. The fourth-order valence-electron chi connectivity index (χ4n) is 3.16. The molecule has 1 fully saturated rings. The van der Waals surface area contributed by atoms with Gasteiger partial charge in [0.05, 0.1) is 18.6 Å². The van der Waals surface area contributed by atoms with Crippen LogP contribution in [0, 0.1) is 6.92 Å². The third-order valence-electron chi connectivity index (χ3n) is 4.45. The van der Waals surface area contributed by atoms with Crippen molar-refractivity contribution in [3.63, 3.8) is 0 Å². The summed E-state index contributed by atoms with van der Waals surface area (Å²) in [6.07, 6.45) is 0. The summed E-state index contributed by atoms with van der Waals surface area (Å²) in [5, 5.41) is 6.86. The minimum absolute atomic E-state index is 0.808. The molecule has 0 amide bonds. The molecule has 25 heavy (non-hydrogen) atoms. The molecule has 3 heterocycles. The molecule has 0 unspecified atom stereocenters. The zero-order valence-electron chi connectivity index (χ0n) is 14.4. The van der Waals surface area contributed by atoms with Crippen LogP contribution >= 0.6 is 11.3 Å². The molecule has 2 aromatic heterocycles. The molecule has 1 aliphatic rings. The van der Waals surface area contributed by atoms with Crippen LogP contribution in [0.15, 0.2) is 35.7 Å². The van der Waals surface area contributed by atoms with E-state index >= 15 is 0 Å². The smallest absolute Gasteiger partial charge is 0.139 e. The topological polar surface area (TPSA) is 50.3 Å². The summed E-state index contributed by atoms with van der Waals surface area (Å²) in [5.41, 5.74) is 2.41. The number of aryl methyl sites for hydroxylation is 1. The third-order valence-corrected chi connectivity index (χ3v) is 5.33. The summed E-state index contributed by atoms with van der Waals surface area (Å²) >= 11 is 1.68. The Morgan fingerprint density at radius 3 is 2.76 bits per heavy atom. The Balaban J connectivity index is 1.59. The molecule has 0 bridgehead atoms. The summed E-state index contributed by atoms with van der Waals surface area (Å²) in [6, 6.07) is 10.5. The number of anilines is 1. The largest absolute Gasteiger partial charge is 0.379 e. The van der Waals surface area contributed by atoms with Gasteiger partial charge in [0.1, 0.15) is 16.5 Å². The maximum atomic E-state index is 5.41. The molecule has 5 nitrogen and oxygen atoms in total. The second-order valence-corrected chi connectivity index (χ2v) is 7.05. The van der Waals surface area contributed by atoms with E-state index in [-0.39, 0.29) is 0 Å². The van der Waals surface area contributed by atoms with Crippen LogP contribution in [0.3, 0.4) is 0 Å². The molecule has 3 aromatic rings. The Kier molecular flexibility index (Phi) is 4.92. The summed E-state index contributed by atoms with van der Waals surface area (Å²) in [6.45, 7) is 7.50. The van der Waals surface area contributed by atoms with Crippen molar-refractivity contribution in [1.29, 1.82) is 0 Å². The maximum absolute atomic E-state index is 5.41. The zero-order valence-corrected chi connectivity index (χ0v) is 15.2. The number of rotatable bonds is 5. The van der Waals surface area contributed by atoms with Crippen molar-refractivity contribution in [3.05, 3.63) is 41.5 Å². The number of fused-ring (bicyclic) bond motifs is 1. The molecule has 1 aromatic carbocycles. The Bertz CT molecular complexity index is 843. The lowest BCUT2D eigenvalue weighted by Crippen LogP contribution is -2.39. The SMILES string of the molecule is Cc1nc(NCCN2CCOCC2)c2c(-c3ccccc3)csc2n1. The molecule has 4 rings (SSSR count). The molecular formula is C19H22N4OS. The van der Waals surface area contributed by atoms with Gasteiger partial charge in [-0.1, -0.05) is 30.3 Å². The number of aromatic nitrogens is 2. The van der Waals surface area contributed by atoms with Gasteiger partial charge in [-0.25, -0.2) is 9.97 Å². The van der Waals surface area contributed by atoms with E-state index in [1.54, 1.807) is 11.3 Å². The minimum Gasteiger partial charge on any atom is -0.379 e. The van der Waals surface area contributed by atoms with Crippen molar-refractivity contribution in [3.8, 4) is 11.1 Å². The summed E-state index contributed by atoms with van der Waals surface area (Å²) < 4.78 is 5.41. The first-order chi connectivity index (χ1) is 12.3. The fourth-order valence-corrected chi connectivity index (χ4v) is 4.16. The van der Waals surface area contributed by atoms with E-state index in [0.717, 1.165) is 61.3 Å². The average molecular weight is 354 g/mol. The van der Waals surface area contributed by atoms with Crippen molar-refractivity contribution in [2.75, 3.05) is 44.7 Å². The first-order valence-electron chi connectivity index (χ1n) is 8.66. The van der Waals surface area contributed by atoms with Gasteiger partial charge in [0, 0.05) is 37.1 Å². The van der Waals surface area contributed by atoms with Crippen LogP contribution in [0.2, 0.25) is 0 Å². The van der Waals surface area contributed by atoms with Crippen LogP contribution in [0.4, 0.5) is 5.82 Å². The molecule has 1 aliphatic heterocycles. The number of thiophene rings is 1. The quantitative estimate of drug-likeness (QED) is 0.761. The standard InChI is InChI=1S/C19H22N4OS/c1-14-21-18(20-7-8-23-9-11-24-12-10-23)17-16(13-25-19(17)22-14)15-5-3-2-4-6-15/h2-6,13H,7-12H2,1H3,(H,20,21,22). The summed E-state index contributed by atoms with van der Waals surface area (Å²) in [4.78, 5) is 12.8. The number of ether oxygens (including phenoxy) is 1.